The van der Waals surface area contributed by atoms with E-state index in [0.717, 1.165) is 25.8 Å². The second-order valence-corrected chi connectivity index (χ2v) is 5.41. The number of aryl methyl sites for hydroxylation is 1. The summed E-state index contributed by atoms with van der Waals surface area (Å²) < 4.78 is 0. The van der Waals surface area contributed by atoms with Gasteiger partial charge in [-0.3, -0.25) is 0 Å². The first-order valence-corrected chi connectivity index (χ1v) is 7.14. The van der Waals surface area contributed by atoms with Gasteiger partial charge in [0.25, 0.3) is 0 Å². The highest BCUT2D eigenvalue weighted by Crippen LogP contribution is 2.19. The third-order valence-corrected chi connectivity index (χ3v) is 4.10. The van der Waals surface area contributed by atoms with Crippen LogP contribution in [0.3, 0.4) is 0 Å². The highest BCUT2D eigenvalue weighted by molar-refractivity contribution is 5.47. The van der Waals surface area contributed by atoms with Crippen molar-refractivity contribution in [2.75, 3.05) is 32.1 Å². The lowest BCUT2D eigenvalue weighted by Crippen LogP contribution is -2.46. The molecular weight excluding hydrogens is 236 g/mol. The van der Waals surface area contributed by atoms with Gasteiger partial charge in [0, 0.05) is 24.8 Å². The molecule has 0 saturated carbocycles. The van der Waals surface area contributed by atoms with Crippen LogP contribution < -0.4 is 10.2 Å². The third kappa shape index (κ3) is 4.51. The zero-order valence-corrected chi connectivity index (χ0v) is 12.7. The maximum Gasteiger partial charge on any atom is 0.0613 e. The van der Waals surface area contributed by atoms with Crippen LogP contribution in [0.25, 0.3) is 0 Å². The summed E-state index contributed by atoms with van der Waals surface area (Å²) >= 11 is 0. The van der Waals surface area contributed by atoms with Gasteiger partial charge in [0.1, 0.15) is 0 Å². The standard InChI is InChI=1S/C16H28N2O/c1-5-16(13-19,17-3)10-7-11-18(4)15-9-6-8-14(2)12-15/h6,8-9,12,17,19H,5,7,10-11,13H2,1-4H3. The van der Waals surface area contributed by atoms with E-state index >= 15 is 0 Å². The molecule has 19 heavy (non-hydrogen) atoms. The van der Waals surface area contributed by atoms with Gasteiger partial charge in [0.05, 0.1) is 6.61 Å². The van der Waals surface area contributed by atoms with Crippen molar-refractivity contribution >= 4 is 5.69 Å². The molecule has 0 fully saturated rings. The van der Waals surface area contributed by atoms with Crippen LogP contribution in [-0.4, -0.2) is 37.9 Å². The van der Waals surface area contributed by atoms with Gasteiger partial charge >= 0.3 is 0 Å². The van der Waals surface area contributed by atoms with E-state index in [1.807, 2.05) is 7.05 Å². The number of aliphatic hydroxyl groups is 1. The Kier molecular flexibility index (Phi) is 6.32. The quantitative estimate of drug-likeness (QED) is 0.757. The van der Waals surface area contributed by atoms with Crippen molar-refractivity contribution in [2.24, 2.45) is 0 Å². The number of aliphatic hydroxyl groups excluding tert-OH is 1. The topological polar surface area (TPSA) is 35.5 Å². The molecule has 1 aromatic carbocycles. The molecule has 108 valence electrons. The molecule has 0 bridgehead atoms. The second kappa shape index (κ2) is 7.51. The number of benzene rings is 1. The van der Waals surface area contributed by atoms with Crippen molar-refractivity contribution in [3.63, 3.8) is 0 Å². The number of hydrogen-bond acceptors (Lipinski definition) is 3. The van der Waals surface area contributed by atoms with Crippen LogP contribution in [0.1, 0.15) is 31.7 Å². The minimum absolute atomic E-state index is 0.118. The summed E-state index contributed by atoms with van der Waals surface area (Å²) in [4.78, 5) is 2.28. The first kappa shape index (κ1) is 16.0. The van der Waals surface area contributed by atoms with Gasteiger partial charge in [0.15, 0.2) is 0 Å². The summed E-state index contributed by atoms with van der Waals surface area (Å²) in [6, 6.07) is 8.56. The van der Waals surface area contributed by atoms with Gasteiger partial charge in [0.2, 0.25) is 0 Å². The van der Waals surface area contributed by atoms with Crippen molar-refractivity contribution in [2.45, 2.75) is 38.6 Å². The molecule has 0 aliphatic rings. The lowest BCUT2D eigenvalue weighted by Gasteiger charge is -2.31. The van der Waals surface area contributed by atoms with Crippen LogP contribution in [0, 0.1) is 6.92 Å². The van der Waals surface area contributed by atoms with Gasteiger partial charge in [-0.1, -0.05) is 19.1 Å². The number of rotatable bonds is 8. The molecule has 0 aromatic heterocycles. The fourth-order valence-electron chi connectivity index (χ4n) is 2.40. The molecule has 0 spiro atoms. The molecule has 3 nitrogen and oxygen atoms in total. The Morgan fingerprint density at radius 3 is 2.63 bits per heavy atom. The van der Waals surface area contributed by atoms with E-state index in [9.17, 15) is 5.11 Å². The number of hydrogen-bond donors (Lipinski definition) is 2. The Balaban J connectivity index is 2.48. The number of likely N-dealkylation sites (N-methyl/N-ethyl adjacent to an activating group) is 1. The molecule has 0 aliphatic carbocycles. The van der Waals surface area contributed by atoms with Crippen LogP contribution in [0.4, 0.5) is 5.69 Å². The lowest BCUT2D eigenvalue weighted by atomic mass is 9.91. The molecule has 1 unspecified atom stereocenters. The molecule has 0 radical (unpaired) electrons. The molecule has 0 aliphatic heterocycles. The van der Waals surface area contributed by atoms with Crippen molar-refractivity contribution in [1.82, 2.24) is 5.32 Å². The van der Waals surface area contributed by atoms with Gasteiger partial charge in [-0.2, -0.15) is 0 Å². The number of nitrogens with one attached hydrogen (secondary N) is 1. The minimum Gasteiger partial charge on any atom is -0.394 e. The van der Waals surface area contributed by atoms with Crippen LogP contribution in [0.15, 0.2) is 24.3 Å². The molecule has 1 aromatic rings. The van der Waals surface area contributed by atoms with E-state index in [0.29, 0.717) is 0 Å². The van der Waals surface area contributed by atoms with Crippen LogP contribution in [0.2, 0.25) is 0 Å². The van der Waals surface area contributed by atoms with Gasteiger partial charge in [-0.15, -0.1) is 0 Å². The fraction of sp³-hybridized carbons (Fsp3) is 0.625. The van der Waals surface area contributed by atoms with E-state index in [4.69, 9.17) is 0 Å². The monoisotopic (exact) mass is 264 g/mol. The Morgan fingerprint density at radius 1 is 1.37 bits per heavy atom. The lowest BCUT2D eigenvalue weighted by molar-refractivity contribution is 0.153. The number of anilines is 1. The summed E-state index contributed by atoms with van der Waals surface area (Å²) in [7, 11) is 4.06. The predicted molar refractivity (Wildman–Crippen MR) is 82.9 cm³/mol. The van der Waals surface area contributed by atoms with Gasteiger partial charge in [-0.25, -0.2) is 0 Å². The molecule has 3 heteroatoms. The van der Waals surface area contributed by atoms with Crippen molar-refractivity contribution in [3.8, 4) is 0 Å². The summed E-state index contributed by atoms with van der Waals surface area (Å²) in [6.07, 6.45) is 3.01. The van der Waals surface area contributed by atoms with Crippen LogP contribution in [-0.2, 0) is 0 Å². The summed E-state index contributed by atoms with van der Waals surface area (Å²) in [5, 5.41) is 12.8. The molecule has 0 saturated heterocycles. The van der Waals surface area contributed by atoms with E-state index in [1.54, 1.807) is 0 Å². The zero-order chi connectivity index (χ0) is 14.3. The van der Waals surface area contributed by atoms with Gasteiger partial charge in [-0.05, 0) is 50.9 Å². The van der Waals surface area contributed by atoms with E-state index < -0.39 is 0 Å². The predicted octanol–water partition coefficient (Wildman–Crippen LogP) is 2.57. The summed E-state index contributed by atoms with van der Waals surface area (Å²) in [5.41, 5.74) is 2.43. The Hall–Kier alpha value is -1.06. The molecule has 1 atom stereocenters. The van der Waals surface area contributed by atoms with Crippen molar-refractivity contribution in [3.05, 3.63) is 29.8 Å². The van der Waals surface area contributed by atoms with Gasteiger partial charge < -0.3 is 15.3 Å². The first-order chi connectivity index (χ1) is 9.06. The average molecular weight is 264 g/mol. The van der Waals surface area contributed by atoms with Crippen LogP contribution >= 0.6 is 0 Å². The highest BCUT2D eigenvalue weighted by atomic mass is 16.3. The largest absolute Gasteiger partial charge is 0.394 e. The number of nitrogens with zero attached hydrogens (tertiary/aromatic N) is 1. The van der Waals surface area contributed by atoms with E-state index in [2.05, 4.69) is 55.4 Å². The van der Waals surface area contributed by atoms with E-state index in [-0.39, 0.29) is 12.1 Å². The maximum absolute atomic E-state index is 9.52. The SMILES string of the molecule is CCC(CO)(CCCN(C)c1cccc(C)c1)NC. The van der Waals surface area contributed by atoms with Crippen LogP contribution in [0.5, 0.6) is 0 Å². The molecule has 1 rings (SSSR count). The van der Waals surface area contributed by atoms with Crippen molar-refractivity contribution in [1.29, 1.82) is 0 Å². The molecular formula is C16H28N2O. The van der Waals surface area contributed by atoms with Crippen molar-refractivity contribution < 1.29 is 5.11 Å². The smallest absolute Gasteiger partial charge is 0.0613 e. The molecule has 0 amide bonds. The first-order valence-electron chi connectivity index (χ1n) is 7.14. The average Bonchev–Trinajstić information content (AvgIpc) is 2.44. The summed E-state index contributed by atoms with van der Waals surface area (Å²) in [6.45, 7) is 5.45. The normalized spacial score (nSPS) is 14.2. The summed E-state index contributed by atoms with van der Waals surface area (Å²) in [5.74, 6) is 0. The molecule has 2 N–H and O–H groups in total. The zero-order valence-electron chi connectivity index (χ0n) is 12.7. The highest BCUT2D eigenvalue weighted by Gasteiger charge is 2.24. The Labute approximate surface area is 117 Å². The second-order valence-electron chi connectivity index (χ2n) is 5.41. The molecule has 0 heterocycles. The van der Waals surface area contributed by atoms with E-state index in [1.165, 1.54) is 11.3 Å². The Morgan fingerprint density at radius 2 is 2.11 bits per heavy atom. The Bertz CT molecular complexity index is 367. The third-order valence-electron chi connectivity index (χ3n) is 4.10. The minimum atomic E-state index is -0.118. The fourth-order valence-corrected chi connectivity index (χ4v) is 2.40. The maximum atomic E-state index is 9.52.